The van der Waals surface area contributed by atoms with Gasteiger partial charge in [0.2, 0.25) is 5.13 Å². The molecule has 0 N–H and O–H groups in total. The van der Waals surface area contributed by atoms with Crippen LogP contribution in [0.1, 0.15) is 4.88 Å². The van der Waals surface area contributed by atoms with Gasteiger partial charge in [-0.05, 0) is 29.3 Å². The first-order valence-corrected chi connectivity index (χ1v) is 8.01. The molecule has 0 unspecified atom stereocenters. The Balaban J connectivity index is 1.90. The van der Waals surface area contributed by atoms with Gasteiger partial charge >= 0.3 is 0 Å². The smallest absolute Gasteiger partial charge is 0.266 e. The first kappa shape index (κ1) is 12.6. The van der Waals surface area contributed by atoms with Crippen molar-refractivity contribution in [3.63, 3.8) is 0 Å². The fourth-order valence-corrected chi connectivity index (χ4v) is 3.76. The van der Waals surface area contributed by atoms with Gasteiger partial charge in [-0.1, -0.05) is 6.07 Å². The minimum atomic E-state index is -0.0197. The van der Waals surface area contributed by atoms with Crippen LogP contribution in [0.2, 0.25) is 0 Å². The standard InChI is InChI=1S/C12H9N3OS3/c1-15-10(16)9(7-8-3-2-5-17-8)19-12(15)14-11-13-4-6-18-11/h2-7H,1H3/b9-7+,14-12+. The van der Waals surface area contributed by atoms with Crippen LogP contribution in [0, 0.1) is 0 Å². The molecule has 0 aromatic carbocycles. The molecule has 3 heterocycles. The molecular formula is C12H9N3OS3. The lowest BCUT2D eigenvalue weighted by atomic mass is 10.4. The molecule has 0 bridgehead atoms. The second kappa shape index (κ2) is 5.28. The summed E-state index contributed by atoms with van der Waals surface area (Å²) in [5, 5.41) is 5.19. The van der Waals surface area contributed by atoms with Crippen molar-refractivity contribution < 1.29 is 4.79 Å². The number of hydrogen-bond donors (Lipinski definition) is 0. The van der Waals surface area contributed by atoms with Gasteiger partial charge in [0.25, 0.3) is 5.91 Å². The van der Waals surface area contributed by atoms with E-state index in [1.54, 1.807) is 29.5 Å². The maximum Gasteiger partial charge on any atom is 0.266 e. The Morgan fingerprint density at radius 3 is 2.95 bits per heavy atom. The maximum atomic E-state index is 12.1. The van der Waals surface area contributed by atoms with Gasteiger partial charge in [0.05, 0.1) is 4.91 Å². The number of aliphatic imine (C=N–C) groups is 1. The number of aromatic nitrogens is 1. The lowest BCUT2D eigenvalue weighted by Crippen LogP contribution is -2.23. The first-order valence-electron chi connectivity index (χ1n) is 5.43. The zero-order valence-electron chi connectivity index (χ0n) is 9.94. The third-order valence-corrected chi connectivity index (χ3v) is 4.98. The minimum Gasteiger partial charge on any atom is -0.289 e. The van der Waals surface area contributed by atoms with E-state index in [9.17, 15) is 4.79 Å². The van der Waals surface area contributed by atoms with Gasteiger partial charge in [-0.25, -0.2) is 4.98 Å². The largest absolute Gasteiger partial charge is 0.289 e. The van der Waals surface area contributed by atoms with Gasteiger partial charge in [-0.3, -0.25) is 9.69 Å². The molecule has 3 rings (SSSR count). The quantitative estimate of drug-likeness (QED) is 0.798. The first-order chi connectivity index (χ1) is 9.24. The van der Waals surface area contributed by atoms with Crippen molar-refractivity contribution in [2.24, 2.45) is 4.99 Å². The van der Waals surface area contributed by atoms with Crippen LogP contribution in [0.25, 0.3) is 6.08 Å². The van der Waals surface area contributed by atoms with E-state index >= 15 is 0 Å². The Labute approximate surface area is 122 Å². The van der Waals surface area contributed by atoms with E-state index in [1.165, 1.54) is 23.1 Å². The summed E-state index contributed by atoms with van der Waals surface area (Å²) in [5.41, 5.74) is 0. The fraction of sp³-hybridized carbons (Fsp3) is 0.0833. The van der Waals surface area contributed by atoms with E-state index in [-0.39, 0.29) is 5.91 Å². The Morgan fingerprint density at radius 1 is 1.37 bits per heavy atom. The lowest BCUT2D eigenvalue weighted by Gasteiger charge is -2.05. The lowest BCUT2D eigenvalue weighted by molar-refractivity contribution is -0.121. The number of likely N-dealkylation sites (N-methyl/N-ethyl adjacent to an activating group) is 1. The van der Waals surface area contributed by atoms with Gasteiger partial charge in [0, 0.05) is 23.5 Å². The molecule has 0 aliphatic carbocycles. The number of nitrogens with zero attached hydrogens (tertiary/aromatic N) is 3. The van der Waals surface area contributed by atoms with Crippen LogP contribution < -0.4 is 0 Å². The van der Waals surface area contributed by atoms with Crippen molar-refractivity contribution in [3.05, 3.63) is 38.9 Å². The molecule has 1 fully saturated rings. The van der Waals surface area contributed by atoms with Gasteiger partial charge in [0.1, 0.15) is 0 Å². The zero-order chi connectivity index (χ0) is 13.2. The van der Waals surface area contributed by atoms with E-state index in [2.05, 4.69) is 9.98 Å². The summed E-state index contributed by atoms with van der Waals surface area (Å²) in [5.74, 6) is -0.0197. The maximum absolute atomic E-state index is 12.1. The number of thioether (sulfide) groups is 1. The summed E-state index contributed by atoms with van der Waals surface area (Å²) in [6.07, 6.45) is 3.60. The van der Waals surface area contributed by atoms with Crippen LogP contribution in [0.3, 0.4) is 0 Å². The zero-order valence-corrected chi connectivity index (χ0v) is 12.4. The summed E-state index contributed by atoms with van der Waals surface area (Å²) in [7, 11) is 1.73. The SMILES string of the molecule is CN1C(=O)/C(=C\c2cccs2)S/C1=N/c1nccs1. The van der Waals surface area contributed by atoms with Crippen molar-refractivity contribution in [2.45, 2.75) is 0 Å². The molecule has 2 aromatic rings. The number of rotatable bonds is 2. The molecule has 96 valence electrons. The number of hydrogen-bond acceptors (Lipinski definition) is 6. The minimum absolute atomic E-state index is 0.0197. The number of carbonyl (C=O) groups excluding carboxylic acids is 1. The normalized spacial score (nSPS) is 19.8. The van der Waals surface area contributed by atoms with E-state index in [0.29, 0.717) is 15.2 Å². The molecule has 0 spiro atoms. The Hall–Kier alpha value is -1.44. The molecule has 19 heavy (non-hydrogen) atoms. The summed E-state index contributed by atoms with van der Waals surface area (Å²) in [4.78, 5) is 23.9. The van der Waals surface area contributed by atoms with Gasteiger partial charge in [-0.2, -0.15) is 4.99 Å². The molecule has 1 amide bonds. The molecule has 0 saturated carbocycles. The van der Waals surface area contributed by atoms with Crippen molar-refractivity contribution in [3.8, 4) is 0 Å². The van der Waals surface area contributed by atoms with Gasteiger partial charge in [0.15, 0.2) is 5.17 Å². The summed E-state index contributed by atoms with van der Waals surface area (Å²) in [6, 6.07) is 3.96. The second-order valence-electron chi connectivity index (χ2n) is 3.70. The molecule has 2 aromatic heterocycles. The average Bonchev–Trinajstić information content (AvgIpc) is 3.11. The van der Waals surface area contributed by atoms with E-state index < -0.39 is 0 Å². The van der Waals surface area contributed by atoms with Crippen molar-refractivity contribution >= 4 is 56.7 Å². The molecule has 7 heteroatoms. The third kappa shape index (κ3) is 2.63. The van der Waals surface area contributed by atoms with Crippen LogP contribution in [-0.2, 0) is 4.79 Å². The molecule has 0 atom stereocenters. The highest BCUT2D eigenvalue weighted by Crippen LogP contribution is 2.33. The predicted molar refractivity (Wildman–Crippen MR) is 81.9 cm³/mol. The van der Waals surface area contributed by atoms with Crippen molar-refractivity contribution in [1.29, 1.82) is 0 Å². The molecule has 1 saturated heterocycles. The monoisotopic (exact) mass is 307 g/mol. The van der Waals surface area contributed by atoms with E-state index in [0.717, 1.165) is 4.88 Å². The number of thiazole rings is 1. The fourth-order valence-electron chi connectivity index (χ4n) is 1.51. The molecule has 1 aliphatic rings. The van der Waals surface area contributed by atoms with Crippen LogP contribution in [0.5, 0.6) is 0 Å². The van der Waals surface area contributed by atoms with Crippen LogP contribution in [0.4, 0.5) is 5.13 Å². The number of thiophene rings is 1. The predicted octanol–water partition coefficient (Wildman–Crippen LogP) is 3.44. The van der Waals surface area contributed by atoms with Crippen LogP contribution in [-0.4, -0.2) is 28.0 Å². The highest BCUT2D eigenvalue weighted by molar-refractivity contribution is 8.18. The highest BCUT2D eigenvalue weighted by Gasteiger charge is 2.30. The Morgan fingerprint density at radius 2 is 2.26 bits per heavy atom. The topological polar surface area (TPSA) is 45.6 Å². The van der Waals surface area contributed by atoms with Crippen LogP contribution >= 0.6 is 34.4 Å². The molecule has 0 radical (unpaired) electrons. The summed E-state index contributed by atoms with van der Waals surface area (Å²) >= 11 is 4.45. The van der Waals surface area contributed by atoms with E-state index in [1.807, 2.05) is 29.0 Å². The number of amides is 1. The molecular weight excluding hydrogens is 298 g/mol. The third-order valence-electron chi connectivity index (χ3n) is 2.43. The second-order valence-corrected chi connectivity index (χ2v) is 6.56. The van der Waals surface area contributed by atoms with Crippen molar-refractivity contribution in [1.82, 2.24) is 9.88 Å². The highest BCUT2D eigenvalue weighted by atomic mass is 32.2. The summed E-state index contributed by atoms with van der Waals surface area (Å²) in [6.45, 7) is 0. The van der Waals surface area contributed by atoms with Crippen LogP contribution in [0.15, 0.2) is 39.0 Å². The van der Waals surface area contributed by atoms with E-state index in [4.69, 9.17) is 0 Å². The average molecular weight is 307 g/mol. The Bertz CT molecular complexity index is 644. The summed E-state index contributed by atoms with van der Waals surface area (Å²) < 4.78 is 0. The van der Waals surface area contributed by atoms with Gasteiger partial charge in [-0.15, -0.1) is 22.7 Å². The number of amidine groups is 1. The molecule has 1 aliphatic heterocycles. The number of carbonyl (C=O) groups is 1. The van der Waals surface area contributed by atoms with Crippen molar-refractivity contribution in [2.75, 3.05) is 7.05 Å². The Kier molecular flexibility index (Phi) is 3.50. The van der Waals surface area contributed by atoms with Gasteiger partial charge < -0.3 is 0 Å². The molecule has 4 nitrogen and oxygen atoms in total.